The molecule has 0 unspecified atom stereocenters. The summed E-state index contributed by atoms with van der Waals surface area (Å²) in [6.45, 7) is 1.90. The van der Waals surface area contributed by atoms with Crippen molar-refractivity contribution >= 4 is 44.3 Å². The zero-order valence-electron chi connectivity index (χ0n) is 15.3. The van der Waals surface area contributed by atoms with Crippen LogP contribution < -0.4 is 10.5 Å². The molecule has 0 atom stereocenters. The summed E-state index contributed by atoms with van der Waals surface area (Å²) in [6.07, 6.45) is 1.64. The third-order valence-electron chi connectivity index (χ3n) is 4.33. The van der Waals surface area contributed by atoms with Crippen LogP contribution in [0.3, 0.4) is 0 Å². The summed E-state index contributed by atoms with van der Waals surface area (Å²) in [7, 11) is -3.87. The number of hydrogen-bond acceptors (Lipinski definition) is 6. The van der Waals surface area contributed by atoms with Gasteiger partial charge in [0.15, 0.2) is 0 Å². The monoisotopic (exact) mass is 425 g/mol. The van der Waals surface area contributed by atoms with Gasteiger partial charge in [-0.25, -0.2) is 23.4 Å². The topological polar surface area (TPSA) is 111 Å². The molecule has 0 amide bonds. The lowest BCUT2D eigenvalue weighted by Crippen LogP contribution is -2.14. The molecule has 0 aliphatic heterocycles. The molecule has 0 fully saturated rings. The van der Waals surface area contributed by atoms with Crippen molar-refractivity contribution in [3.63, 3.8) is 0 Å². The second-order valence-corrected chi connectivity index (χ2v) is 8.46. The van der Waals surface area contributed by atoms with Gasteiger partial charge < -0.3 is 5.73 Å². The average molecular weight is 426 g/mol. The molecule has 0 aliphatic rings. The number of anilines is 2. The van der Waals surface area contributed by atoms with Crippen LogP contribution in [0.1, 0.15) is 5.56 Å². The molecule has 29 heavy (non-hydrogen) atoms. The molecule has 4 rings (SSSR count). The van der Waals surface area contributed by atoms with Gasteiger partial charge in [0.05, 0.1) is 16.2 Å². The SMILES string of the molecule is Cc1ccc(NS(=O)(=O)c2ccccc2Cl)nc1-c1ccc2nc(N)ncc2c1. The minimum Gasteiger partial charge on any atom is -0.368 e. The molecule has 2 aromatic heterocycles. The van der Waals surface area contributed by atoms with E-state index in [1.165, 1.54) is 12.1 Å². The number of sulfonamides is 1. The maximum atomic E-state index is 12.7. The third kappa shape index (κ3) is 3.85. The number of fused-ring (bicyclic) bond motifs is 1. The highest BCUT2D eigenvalue weighted by molar-refractivity contribution is 7.92. The van der Waals surface area contributed by atoms with E-state index in [4.69, 9.17) is 17.3 Å². The smallest absolute Gasteiger partial charge is 0.264 e. The number of hydrogen-bond donors (Lipinski definition) is 2. The Balaban J connectivity index is 1.73. The zero-order valence-corrected chi connectivity index (χ0v) is 16.9. The predicted octanol–water partition coefficient (Wildman–Crippen LogP) is 4.04. The second kappa shape index (κ2) is 7.31. The number of benzene rings is 2. The summed E-state index contributed by atoms with van der Waals surface area (Å²) in [4.78, 5) is 12.7. The first kappa shape index (κ1) is 19.1. The van der Waals surface area contributed by atoms with Crippen LogP contribution in [-0.4, -0.2) is 23.4 Å². The van der Waals surface area contributed by atoms with Crippen molar-refractivity contribution in [2.75, 3.05) is 10.5 Å². The van der Waals surface area contributed by atoms with Crippen molar-refractivity contribution in [2.45, 2.75) is 11.8 Å². The number of aromatic nitrogens is 3. The molecule has 0 aliphatic carbocycles. The van der Waals surface area contributed by atoms with Crippen molar-refractivity contribution in [1.29, 1.82) is 0 Å². The highest BCUT2D eigenvalue weighted by Crippen LogP contribution is 2.28. The first-order valence-electron chi connectivity index (χ1n) is 8.61. The largest absolute Gasteiger partial charge is 0.368 e. The van der Waals surface area contributed by atoms with E-state index in [9.17, 15) is 8.42 Å². The van der Waals surface area contributed by atoms with Gasteiger partial charge in [0, 0.05) is 17.1 Å². The molecule has 3 N–H and O–H groups in total. The van der Waals surface area contributed by atoms with Crippen LogP contribution in [0.2, 0.25) is 5.02 Å². The summed E-state index contributed by atoms with van der Waals surface area (Å²) < 4.78 is 27.9. The zero-order chi connectivity index (χ0) is 20.6. The van der Waals surface area contributed by atoms with E-state index in [0.29, 0.717) is 5.69 Å². The molecule has 9 heteroatoms. The number of nitrogens with one attached hydrogen (secondary N) is 1. The maximum absolute atomic E-state index is 12.7. The maximum Gasteiger partial charge on any atom is 0.264 e. The number of rotatable bonds is 4. The fraction of sp³-hybridized carbons (Fsp3) is 0.0500. The van der Waals surface area contributed by atoms with Crippen molar-refractivity contribution in [1.82, 2.24) is 15.0 Å². The van der Waals surface area contributed by atoms with Crippen LogP contribution in [0.5, 0.6) is 0 Å². The molecule has 0 saturated carbocycles. The quantitative estimate of drug-likeness (QED) is 0.510. The first-order valence-corrected chi connectivity index (χ1v) is 10.5. The van der Waals surface area contributed by atoms with Gasteiger partial charge in [-0.05, 0) is 42.8 Å². The van der Waals surface area contributed by atoms with Crippen LogP contribution in [0, 0.1) is 6.92 Å². The number of pyridine rings is 1. The molecular weight excluding hydrogens is 410 g/mol. The molecule has 4 aromatic rings. The van der Waals surface area contributed by atoms with E-state index in [1.54, 1.807) is 30.5 Å². The first-order chi connectivity index (χ1) is 13.8. The Morgan fingerprint density at radius 3 is 2.62 bits per heavy atom. The molecule has 0 bridgehead atoms. The Morgan fingerprint density at radius 2 is 1.83 bits per heavy atom. The standard InChI is InChI=1S/C20H16ClN5O2S/c1-12-6-9-18(26-29(27,28)17-5-3-2-4-15(17)21)25-19(12)13-7-8-16-14(10-13)11-23-20(22)24-16/h2-11H,1H3,(H,25,26)(H2,22,23,24). The van der Waals surface area contributed by atoms with Crippen LogP contribution in [0.15, 0.2) is 65.7 Å². The van der Waals surface area contributed by atoms with Gasteiger partial charge in [0.25, 0.3) is 10.0 Å². The summed E-state index contributed by atoms with van der Waals surface area (Å²) in [5.41, 5.74) is 8.68. The van der Waals surface area contributed by atoms with E-state index in [-0.39, 0.29) is 21.7 Å². The highest BCUT2D eigenvalue weighted by Gasteiger charge is 2.19. The lowest BCUT2D eigenvalue weighted by molar-refractivity contribution is 0.601. The van der Waals surface area contributed by atoms with E-state index >= 15 is 0 Å². The fourth-order valence-corrected chi connectivity index (χ4v) is 4.45. The summed E-state index contributed by atoms with van der Waals surface area (Å²) in [6, 6.07) is 15.2. The number of nitrogens with zero attached hydrogens (tertiary/aromatic N) is 3. The number of nitrogen functional groups attached to an aromatic ring is 1. The number of nitrogens with two attached hydrogens (primary N) is 1. The molecule has 0 saturated heterocycles. The fourth-order valence-electron chi connectivity index (χ4n) is 2.93. The average Bonchev–Trinajstić information content (AvgIpc) is 2.69. The third-order valence-corrected chi connectivity index (χ3v) is 6.19. The number of halogens is 1. The lowest BCUT2D eigenvalue weighted by Gasteiger charge is -2.12. The van der Waals surface area contributed by atoms with E-state index in [2.05, 4.69) is 19.7 Å². The normalized spacial score (nSPS) is 11.5. The Labute approximate surface area is 172 Å². The number of aryl methyl sites for hydroxylation is 1. The lowest BCUT2D eigenvalue weighted by atomic mass is 10.0. The van der Waals surface area contributed by atoms with E-state index < -0.39 is 10.0 Å². The van der Waals surface area contributed by atoms with Crippen LogP contribution in [0.25, 0.3) is 22.2 Å². The second-order valence-electron chi connectivity index (χ2n) is 6.40. The van der Waals surface area contributed by atoms with Gasteiger partial charge in [-0.3, -0.25) is 4.72 Å². The van der Waals surface area contributed by atoms with Crippen molar-refractivity contribution in [3.8, 4) is 11.3 Å². The van der Waals surface area contributed by atoms with E-state index in [0.717, 1.165) is 22.0 Å². The van der Waals surface area contributed by atoms with Gasteiger partial charge in [0.2, 0.25) is 5.95 Å². The van der Waals surface area contributed by atoms with Crippen molar-refractivity contribution < 1.29 is 8.42 Å². The van der Waals surface area contributed by atoms with Gasteiger partial charge in [-0.2, -0.15) is 0 Å². The molecule has 146 valence electrons. The summed E-state index contributed by atoms with van der Waals surface area (Å²) >= 11 is 6.03. The summed E-state index contributed by atoms with van der Waals surface area (Å²) in [5.74, 6) is 0.398. The van der Waals surface area contributed by atoms with Gasteiger partial charge >= 0.3 is 0 Å². The van der Waals surface area contributed by atoms with Gasteiger partial charge in [0.1, 0.15) is 10.7 Å². The predicted molar refractivity (Wildman–Crippen MR) is 114 cm³/mol. The molecular formula is C20H16ClN5O2S. The molecule has 2 heterocycles. The van der Waals surface area contributed by atoms with Gasteiger partial charge in [-0.15, -0.1) is 0 Å². The minimum atomic E-state index is -3.87. The van der Waals surface area contributed by atoms with Crippen LogP contribution in [0.4, 0.5) is 11.8 Å². The highest BCUT2D eigenvalue weighted by atomic mass is 35.5. The molecule has 2 aromatic carbocycles. The van der Waals surface area contributed by atoms with Crippen molar-refractivity contribution in [2.24, 2.45) is 0 Å². The Kier molecular flexibility index (Phi) is 4.81. The molecule has 7 nitrogen and oxygen atoms in total. The van der Waals surface area contributed by atoms with Gasteiger partial charge in [-0.1, -0.05) is 35.9 Å². The Bertz CT molecular complexity index is 1340. The van der Waals surface area contributed by atoms with Crippen molar-refractivity contribution in [3.05, 3.63) is 71.4 Å². The van der Waals surface area contributed by atoms with E-state index in [1.807, 2.05) is 25.1 Å². The molecule has 0 radical (unpaired) electrons. The Hall–Kier alpha value is -3.23. The van der Waals surface area contributed by atoms with Crippen LogP contribution in [-0.2, 0) is 10.0 Å². The minimum absolute atomic E-state index is 0.00830. The summed E-state index contributed by atoms with van der Waals surface area (Å²) in [5, 5.41) is 0.945. The Morgan fingerprint density at radius 1 is 1.03 bits per heavy atom. The van der Waals surface area contributed by atoms with Crippen LogP contribution >= 0.6 is 11.6 Å². The molecule has 0 spiro atoms.